The van der Waals surface area contributed by atoms with Gasteiger partial charge >= 0.3 is 11.9 Å². The van der Waals surface area contributed by atoms with E-state index in [1.807, 2.05) is 24.3 Å². The molecule has 1 aliphatic carbocycles. The normalized spacial score (nSPS) is 15.5. The number of hydrogen-bond donors (Lipinski definition) is 0. The summed E-state index contributed by atoms with van der Waals surface area (Å²) in [4.78, 5) is 24.0. The average molecular weight is 539 g/mol. The smallest absolute Gasteiger partial charge is 0.338 e. The first-order valence-electron chi connectivity index (χ1n) is 12.7. The Morgan fingerprint density at radius 1 is 0.750 bits per heavy atom. The van der Waals surface area contributed by atoms with Crippen LogP contribution in [0.15, 0.2) is 109 Å². The maximum Gasteiger partial charge on any atom is 0.338 e. The fraction of sp³-hybridized carbons (Fsp3) is 0.176. The Morgan fingerprint density at radius 2 is 1.38 bits per heavy atom. The third-order valence-corrected chi connectivity index (χ3v) is 6.59. The van der Waals surface area contributed by atoms with Crippen LogP contribution in [0.2, 0.25) is 0 Å². The highest BCUT2D eigenvalue weighted by molar-refractivity contribution is 5.89. The van der Waals surface area contributed by atoms with Crippen molar-refractivity contribution in [3.05, 3.63) is 126 Å². The monoisotopic (exact) mass is 538 g/mol. The van der Waals surface area contributed by atoms with Gasteiger partial charge in [0.1, 0.15) is 23.4 Å². The predicted molar refractivity (Wildman–Crippen MR) is 154 cm³/mol. The van der Waals surface area contributed by atoms with Crippen LogP contribution in [0.5, 0.6) is 5.75 Å². The Morgan fingerprint density at radius 3 is 1.98 bits per heavy atom. The minimum Gasteiger partial charge on any atom is -0.482 e. The lowest BCUT2D eigenvalue weighted by Gasteiger charge is -2.24. The molecule has 0 N–H and O–H groups in total. The fourth-order valence-corrected chi connectivity index (χ4v) is 4.31. The number of rotatable bonds is 9. The summed E-state index contributed by atoms with van der Waals surface area (Å²) >= 11 is 0. The Hall–Kier alpha value is -4.71. The molecule has 40 heavy (non-hydrogen) atoms. The van der Waals surface area contributed by atoms with Crippen LogP contribution in [0.4, 0.5) is 4.39 Å². The van der Waals surface area contributed by atoms with Crippen LogP contribution in [-0.2, 0) is 25.5 Å². The number of halogens is 1. The number of allylic oxidation sites excluding steroid dienone is 1. The summed E-state index contributed by atoms with van der Waals surface area (Å²) in [5.74, 6) is -0.645. The van der Waals surface area contributed by atoms with Crippen LogP contribution in [-0.4, -0.2) is 18.0 Å². The summed E-state index contributed by atoms with van der Waals surface area (Å²) in [6, 6.07) is 17.4. The molecule has 6 heteroatoms. The van der Waals surface area contributed by atoms with Gasteiger partial charge in [-0.15, -0.1) is 0 Å². The molecule has 0 radical (unpaired) electrons. The highest BCUT2D eigenvalue weighted by Gasteiger charge is 2.38. The lowest BCUT2D eigenvalue weighted by atomic mass is 9.97. The minimum absolute atomic E-state index is 0.291. The SMILES string of the molecule is C=C(C)C(=C)OC1c2cc(-c3ccc(-c4ccc(OC(=O)C(=C)C)cc4)cc3F)ccc2CC1OC(=O)C(=C)C. The van der Waals surface area contributed by atoms with Crippen molar-refractivity contribution in [2.45, 2.75) is 39.4 Å². The summed E-state index contributed by atoms with van der Waals surface area (Å²) in [6.45, 7) is 20.0. The molecule has 2 unspecified atom stereocenters. The molecule has 3 aromatic rings. The number of hydrogen-bond acceptors (Lipinski definition) is 5. The first kappa shape index (κ1) is 28.3. The molecule has 0 aromatic heterocycles. The maximum absolute atomic E-state index is 15.4. The molecule has 0 amide bonds. The second kappa shape index (κ2) is 11.6. The van der Waals surface area contributed by atoms with Crippen LogP contribution in [0.3, 0.4) is 0 Å². The molecule has 5 nitrogen and oxygen atoms in total. The van der Waals surface area contributed by atoms with E-state index in [1.165, 1.54) is 6.07 Å². The van der Waals surface area contributed by atoms with E-state index in [-0.39, 0.29) is 0 Å². The first-order chi connectivity index (χ1) is 18.9. The lowest BCUT2D eigenvalue weighted by Crippen LogP contribution is -2.24. The van der Waals surface area contributed by atoms with Crippen molar-refractivity contribution in [2.24, 2.45) is 0 Å². The molecular formula is C34H31FO5. The van der Waals surface area contributed by atoms with Gasteiger partial charge in [0.25, 0.3) is 0 Å². The van der Waals surface area contributed by atoms with E-state index in [0.29, 0.717) is 51.3 Å². The number of carbonyl (C=O) groups excluding carboxylic acids is 2. The van der Waals surface area contributed by atoms with Crippen LogP contribution in [0.1, 0.15) is 38.0 Å². The van der Waals surface area contributed by atoms with Crippen LogP contribution in [0, 0.1) is 5.82 Å². The van der Waals surface area contributed by atoms with Crippen LogP contribution < -0.4 is 4.74 Å². The van der Waals surface area contributed by atoms with E-state index < -0.39 is 30.0 Å². The minimum atomic E-state index is -0.623. The van der Waals surface area contributed by atoms with Crippen molar-refractivity contribution in [3.8, 4) is 28.0 Å². The van der Waals surface area contributed by atoms with Gasteiger partial charge in [0.2, 0.25) is 0 Å². The zero-order chi connectivity index (χ0) is 29.1. The second-order valence-electron chi connectivity index (χ2n) is 9.97. The van der Waals surface area contributed by atoms with Gasteiger partial charge in [-0.3, -0.25) is 0 Å². The Kier molecular flexibility index (Phi) is 8.19. The predicted octanol–water partition coefficient (Wildman–Crippen LogP) is 7.83. The summed E-state index contributed by atoms with van der Waals surface area (Å²) in [5.41, 5.74) is 5.49. The lowest BCUT2D eigenvalue weighted by molar-refractivity contribution is -0.150. The van der Waals surface area contributed by atoms with Crippen LogP contribution in [0.25, 0.3) is 22.3 Å². The molecule has 0 bridgehead atoms. The van der Waals surface area contributed by atoms with Crippen molar-refractivity contribution in [1.82, 2.24) is 0 Å². The van der Waals surface area contributed by atoms with E-state index in [2.05, 4.69) is 26.3 Å². The molecule has 0 spiro atoms. The molecule has 4 rings (SSSR count). The van der Waals surface area contributed by atoms with Crippen LogP contribution >= 0.6 is 0 Å². The largest absolute Gasteiger partial charge is 0.482 e. The Bertz CT molecular complexity index is 1550. The third-order valence-electron chi connectivity index (χ3n) is 6.59. The number of esters is 2. The number of fused-ring (bicyclic) bond motifs is 1. The van der Waals surface area contributed by atoms with Gasteiger partial charge in [0.05, 0.1) is 0 Å². The standard InChI is InChI=1S/C34H31FO5/c1-19(2)22(7)38-32-29-16-25(8-9-26(29)18-31(32)40-34(37)21(5)6)28-15-12-24(17-30(28)35)23-10-13-27(14-11-23)39-33(36)20(3)4/h8-17,31-32H,1,3,5,7,18H2,2,4,6H3. The second-order valence-corrected chi connectivity index (χ2v) is 9.97. The fourth-order valence-electron chi connectivity index (χ4n) is 4.31. The quantitative estimate of drug-likeness (QED) is 0.0913. The summed E-state index contributed by atoms with van der Waals surface area (Å²) < 4.78 is 32.5. The summed E-state index contributed by atoms with van der Waals surface area (Å²) in [6.07, 6.45) is -0.764. The zero-order valence-electron chi connectivity index (χ0n) is 22.9. The van der Waals surface area contributed by atoms with E-state index in [4.69, 9.17) is 14.2 Å². The molecular weight excluding hydrogens is 507 g/mol. The van der Waals surface area contributed by atoms with E-state index in [0.717, 1.165) is 16.7 Å². The van der Waals surface area contributed by atoms with Gasteiger partial charge in [-0.25, -0.2) is 14.0 Å². The molecule has 204 valence electrons. The Balaban J connectivity index is 1.61. The third kappa shape index (κ3) is 6.12. The molecule has 1 aliphatic rings. The van der Waals surface area contributed by atoms with Gasteiger partial charge in [-0.05, 0) is 72.9 Å². The van der Waals surface area contributed by atoms with Gasteiger partial charge in [0.15, 0.2) is 6.10 Å². The van der Waals surface area contributed by atoms with Gasteiger partial charge < -0.3 is 14.2 Å². The molecule has 0 fully saturated rings. The zero-order valence-corrected chi connectivity index (χ0v) is 22.9. The average Bonchev–Trinajstić information content (AvgIpc) is 3.24. The highest BCUT2D eigenvalue weighted by Crippen LogP contribution is 2.41. The van der Waals surface area contributed by atoms with Crippen molar-refractivity contribution < 1.29 is 28.2 Å². The van der Waals surface area contributed by atoms with Gasteiger partial charge in [-0.1, -0.05) is 62.7 Å². The van der Waals surface area contributed by atoms with Crippen molar-refractivity contribution in [2.75, 3.05) is 0 Å². The molecule has 3 aromatic carbocycles. The molecule has 0 aliphatic heterocycles. The Labute approximate surface area is 233 Å². The van der Waals surface area contributed by atoms with Crippen molar-refractivity contribution in [1.29, 1.82) is 0 Å². The molecule has 0 heterocycles. The van der Waals surface area contributed by atoms with Crippen molar-refractivity contribution >= 4 is 11.9 Å². The van der Waals surface area contributed by atoms with E-state index >= 15 is 4.39 Å². The summed E-state index contributed by atoms with van der Waals surface area (Å²) in [5, 5.41) is 0. The van der Waals surface area contributed by atoms with E-state index in [9.17, 15) is 9.59 Å². The highest BCUT2D eigenvalue weighted by atomic mass is 19.1. The molecule has 2 atom stereocenters. The van der Waals surface area contributed by atoms with E-state index in [1.54, 1.807) is 51.1 Å². The molecule has 0 saturated heterocycles. The first-order valence-corrected chi connectivity index (χ1v) is 12.7. The maximum atomic E-state index is 15.4. The number of ether oxygens (including phenoxy) is 3. The van der Waals surface area contributed by atoms with Crippen molar-refractivity contribution in [3.63, 3.8) is 0 Å². The summed E-state index contributed by atoms with van der Waals surface area (Å²) in [7, 11) is 0. The number of carbonyl (C=O) groups is 2. The number of benzene rings is 3. The van der Waals surface area contributed by atoms with Gasteiger partial charge in [-0.2, -0.15) is 0 Å². The molecule has 0 saturated carbocycles. The van der Waals surface area contributed by atoms with Gasteiger partial charge in [0, 0.05) is 28.7 Å². The topological polar surface area (TPSA) is 61.8 Å².